The van der Waals surface area contributed by atoms with Crippen molar-refractivity contribution in [3.8, 4) is 0 Å². The van der Waals surface area contributed by atoms with Crippen LogP contribution in [0.3, 0.4) is 0 Å². The maximum Gasteiger partial charge on any atom is 0.330 e. The largest absolute Gasteiger partial charge is 0.479 e. The number of nitrogens with one attached hydrogen (secondary N) is 1. The molecule has 0 saturated carbocycles. The van der Waals surface area contributed by atoms with Crippen molar-refractivity contribution in [3.63, 3.8) is 0 Å². The molecule has 4 nitrogen and oxygen atoms in total. The van der Waals surface area contributed by atoms with Crippen LogP contribution in [0.15, 0.2) is 48.5 Å². The molecule has 2 aromatic rings. The molecule has 1 atom stereocenters. The quantitative estimate of drug-likeness (QED) is 0.854. The number of carboxylic acids is 1. The van der Waals surface area contributed by atoms with Crippen LogP contribution >= 0.6 is 0 Å². The normalized spacial score (nSPS) is 11.9. The van der Waals surface area contributed by atoms with Crippen LogP contribution in [0.2, 0.25) is 0 Å². The lowest BCUT2D eigenvalue weighted by atomic mass is 10.0. The van der Waals surface area contributed by atoms with E-state index >= 15 is 0 Å². The number of aryl methyl sites for hydroxylation is 1. The van der Waals surface area contributed by atoms with Crippen molar-refractivity contribution < 1.29 is 14.6 Å². The summed E-state index contributed by atoms with van der Waals surface area (Å²) in [6.45, 7) is 2.44. The number of methoxy groups -OCH3 is 1. The number of anilines is 1. The molecular weight excluding hydrogens is 266 g/mol. The van der Waals surface area contributed by atoms with E-state index in [0.717, 1.165) is 16.8 Å². The van der Waals surface area contributed by atoms with Crippen molar-refractivity contribution in [1.82, 2.24) is 0 Å². The fourth-order valence-corrected chi connectivity index (χ4v) is 2.22. The summed E-state index contributed by atoms with van der Waals surface area (Å²) >= 11 is 0. The Balaban J connectivity index is 2.26. The topological polar surface area (TPSA) is 58.6 Å². The van der Waals surface area contributed by atoms with Gasteiger partial charge in [-0.2, -0.15) is 0 Å². The number of aliphatic carboxylic acids is 1. The van der Waals surface area contributed by atoms with E-state index in [-0.39, 0.29) is 0 Å². The van der Waals surface area contributed by atoms with Crippen LogP contribution in [-0.4, -0.2) is 18.2 Å². The number of carbonyl (C=O) groups is 1. The van der Waals surface area contributed by atoms with Crippen LogP contribution in [-0.2, 0) is 16.1 Å². The molecule has 21 heavy (non-hydrogen) atoms. The Morgan fingerprint density at radius 3 is 2.67 bits per heavy atom. The molecule has 0 amide bonds. The Hall–Kier alpha value is -2.33. The number of carboxylic acid groups (broad SMARTS) is 1. The first-order chi connectivity index (χ1) is 10.1. The van der Waals surface area contributed by atoms with Crippen molar-refractivity contribution in [2.45, 2.75) is 19.6 Å². The molecule has 2 aromatic carbocycles. The fraction of sp³-hybridized carbons (Fsp3) is 0.235. The lowest BCUT2D eigenvalue weighted by molar-refractivity contribution is -0.138. The summed E-state index contributed by atoms with van der Waals surface area (Å²) in [5.41, 5.74) is 3.53. The van der Waals surface area contributed by atoms with Crippen LogP contribution in [0, 0.1) is 6.92 Å². The van der Waals surface area contributed by atoms with Gasteiger partial charge in [-0.25, -0.2) is 4.79 Å². The van der Waals surface area contributed by atoms with Crippen molar-refractivity contribution in [1.29, 1.82) is 0 Å². The third kappa shape index (κ3) is 4.07. The minimum Gasteiger partial charge on any atom is -0.479 e. The fourth-order valence-electron chi connectivity index (χ4n) is 2.22. The monoisotopic (exact) mass is 285 g/mol. The van der Waals surface area contributed by atoms with Crippen LogP contribution in [0.1, 0.15) is 22.7 Å². The number of ether oxygens (including phenoxy) is 1. The van der Waals surface area contributed by atoms with E-state index in [4.69, 9.17) is 4.74 Å². The first-order valence-corrected chi connectivity index (χ1v) is 6.74. The van der Waals surface area contributed by atoms with Gasteiger partial charge in [-0.05, 0) is 35.7 Å². The number of rotatable bonds is 6. The number of benzene rings is 2. The summed E-state index contributed by atoms with van der Waals surface area (Å²) in [6, 6.07) is 14.3. The van der Waals surface area contributed by atoms with E-state index in [9.17, 15) is 9.90 Å². The molecule has 0 aliphatic rings. The molecule has 0 fully saturated rings. The lowest BCUT2D eigenvalue weighted by Crippen LogP contribution is -2.20. The predicted octanol–water partition coefficient (Wildman–Crippen LogP) is 3.38. The minimum atomic E-state index is -0.911. The van der Waals surface area contributed by atoms with Crippen molar-refractivity contribution in [2.24, 2.45) is 0 Å². The highest BCUT2D eigenvalue weighted by Crippen LogP contribution is 2.22. The van der Waals surface area contributed by atoms with Crippen molar-refractivity contribution in [2.75, 3.05) is 12.4 Å². The molecule has 0 aliphatic carbocycles. The zero-order valence-corrected chi connectivity index (χ0v) is 12.2. The summed E-state index contributed by atoms with van der Waals surface area (Å²) < 4.78 is 5.09. The summed E-state index contributed by atoms with van der Waals surface area (Å²) in [5.74, 6) is -0.911. The minimum absolute atomic E-state index is 0.463. The molecule has 4 heteroatoms. The van der Waals surface area contributed by atoms with E-state index in [2.05, 4.69) is 5.32 Å². The highest BCUT2D eigenvalue weighted by molar-refractivity contribution is 5.79. The molecule has 0 radical (unpaired) electrons. The molecule has 0 spiro atoms. The Morgan fingerprint density at radius 2 is 2.00 bits per heavy atom. The van der Waals surface area contributed by atoms with Gasteiger partial charge in [0.2, 0.25) is 0 Å². The van der Waals surface area contributed by atoms with Gasteiger partial charge in [-0.1, -0.05) is 36.4 Å². The van der Waals surface area contributed by atoms with Gasteiger partial charge in [0.05, 0.1) is 6.61 Å². The van der Waals surface area contributed by atoms with Gasteiger partial charge in [0, 0.05) is 12.8 Å². The highest BCUT2D eigenvalue weighted by Gasteiger charge is 2.19. The van der Waals surface area contributed by atoms with Gasteiger partial charge in [0.1, 0.15) is 0 Å². The summed E-state index contributed by atoms with van der Waals surface area (Å²) in [4.78, 5) is 11.6. The van der Waals surface area contributed by atoms with Gasteiger partial charge >= 0.3 is 5.97 Å². The third-order valence-electron chi connectivity index (χ3n) is 3.17. The van der Waals surface area contributed by atoms with Gasteiger partial charge in [0.25, 0.3) is 0 Å². The maximum absolute atomic E-state index is 11.6. The lowest BCUT2D eigenvalue weighted by Gasteiger charge is -2.17. The average molecular weight is 285 g/mol. The standard InChI is InChI=1S/C17H19NO3/c1-12-5-3-8-15(9-12)18-16(17(19)20)14-7-4-6-13(10-14)11-21-2/h3-10,16,18H,11H2,1-2H3,(H,19,20). The molecule has 0 bridgehead atoms. The molecule has 0 heterocycles. The second-order valence-corrected chi connectivity index (χ2v) is 4.96. The predicted molar refractivity (Wildman–Crippen MR) is 82.3 cm³/mol. The van der Waals surface area contributed by atoms with Crippen LogP contribution in [0.5, 0.6) is 0 Å². The molecule has 0 aliphatic heterocycles. The van der Waals surface area contributed by atoms with E-state index in [1.165, 1.54) is 0 Å². The van der Waals surface area contributed by atoms with Crippen LogP contribution in [0.4, 0.5) is 5.69 Å². The SMILES string of the molecule is COCc1cccc(C(Nc2cccc(C)c2)C(=O)O)c1. The second kappa shape index (κ2) is 6.90. The first-order valence-electron chi connectivity index (χ1n) is 6.74. The van der Waals surface area contributed by atoms with Crippen molar-refractivity contribution >= 4 is 11.7 Å². The van der Waals surface area contributed by atoms with Crippen LogP contribution < -0.4 is 5.32 Å². The molecule has 2 N–H and O–H groups in total. The Morgan fingerprint density at radius 1 is 1.24 bits per heavy atom. The van der Waals surface area contributed by atoms with Gasteiger partial charge < -0.3 is 15.2 Å². The van der Waals surface area contributed by atoms with E-state index < -0.39 is 12.0 Å². The summed E-state index contributed by atoms with van der Waals surface area (Å²) in [5, 5.41) is 12.5. The first kappa shape index (κ1) is 15.1. The molecule has 1 unspecified atom stereocenters. The highest BCUT2D eigenvalue weighted by atomic mass is 16.5. The van der Waals surface area contributed by atoms with E-state index in [1.54, 1.807) is 13.2 Å². The Kier molecular flexibility index (Phi) is 4.95. The van der Waals surface area contributed by atoms with E-state index in [1.807, 2.05) is 49.4 Å². The smallest absolute Gasteiger partial charge is 0.330 e. The average Bonchev–Trinajstić information content (AvgIpc) is 2.45. The van der Waals surface area contributed by atoms with Crippen LogP contribution in [0.25, 0.3) is 0 Å². The van der Waals surface area contributed by atoms with Gasteiger partial charge in [0.15, 0.2) is 6.04 Å². The third-order valence-corrected chi connectivity index (χ3v) is 3.17. The second-order valence-electron chi connectivity index (χ2n) is 4.96. The Labute approximate surface area is 124 Å². The van der Waals surface area contributed by atoms with E-state index in [0.29, 0.717) is 12.2 Å². The molecule has 2 rings (SSSR count). The summed E-state index contributed by atoms with van der Waals surface area (Å²) in [6.07, 6.45) is 0. The molecule has 0 aromatic heterocycles. The number of hydrogen-bond acceptors (Lipinski definition) is 3. The molecule has 110 valence electrons. The zero-order chi connectivity index (χ0) is 15.2. The van der Waals surface area contributed by atoms with Gasteiger partial charge in [-0.15, -0.1) is 0 Å². The zero-order valence-electron chi connectivity index (χ0n) is 12.2. The molecule has 0 saturated heterocycles. The maximum atomic E-state index is 11.6. The number of hydrogen-bond donors (Lipinski definition) is 2. The molecular formula is C17H19NO3. The summed E-state index contributed by atoms with van der Waals surface area (Å²) in [7, 11) is 1.62. The van der Waals surface area contributed by atoms with Crippen molar-refractivity contribution in [3.05, 3.63) is 65.2 Å². The van der Waals surface area contributed by atoms with Gasteiger partial charge in [-0.3, -0.25) is 0 Å². The Bertz CT molecular complexity index is 625.